The van der Waals surface area contributed by atoms with Crippen molar-refractivity contribution in [2.24, 2.45) is 11.6 Å². The Labute approximate surface area is 122 Å². The van der Waals surface area contributed by atoms with Crippen molar-refractivity contribution in [3.8, 4) is 0 Å². The van der Waals surface area contributed by atoms with Gasteiger partial charge in [0.15, 0.2) is 0 Å². The van der Waals surface area contributed by atoms with Gasteiger partial charge in [0, 0.05) is 11.5 Å². The van der Waals surface area contributed by atoms with Crippen molar-refractivity contribution in [3.05, 3.63) is 65.0 Å². The minimum absolute atomic E-state index is 0.00375. The molecule has 0 aliphatic rings. The number of nitrogens with two attached hydrogens (primary N) is 2. The number of rotatable bonds is 5. The van der Waals surface area contributed by atoms with Crippen LogP contribution in [0.1, 0.15) is 40.7 Å². The predicted molar refractivity (Wildman–Crippen MR) is 81.3 cm³/mol. The molecule has 0 radical (unpaired) electrons. The van der Waals surface area contributed by atoms with Crippen molar-refractivity contribution in [3.63, 3.8) is 0 Å². The highest BCUT2D eigenvalue weighted by molar-refractivity contribution is 5.93. The molecule has 0 aromatic heterocycles. The smallest absolute Gasteiger partial charge is 0.248 e. The maximum absolute atomic E-state index is 13.1. The van der Waals surface area contributed by atoms with E-state index in [9.17, 15) is 9.18 Å². The van der Waals surface area contributed by atoms with Crippen LogP contribution in [-0.4, -0.2) is 5.91 Å². The SMILES string of the molecule is CCC(c1ccc(F)cc1)c1cc(C(N)=O)ccc1NN. The Bertz CT molecular complexity index is 640. The minimum atomic E-state index is -0.492. The molecule has 1 unspecified atom stereocenters. The summed E-state index contributed by atoms with van der Waals surface area (Å²) in [5.74, 6) is 4.77. The number of hydrogen-bond acceptors (Lipinski definition) is 3. The lowest BCUT2D eigenvalue weighted by molar-refractivity contribution is 0.1000. The molecule has 2 rings (SSSR count). The zero-order valence-electron chi connectivity index (χ0n) is 11.8. The van der Waals surface area contributed by atoms with Gasteiger partial charge in [-0.2, -0.15) is 0 Å². The maximum atomic E-state index is 13.1. The highest BCUT2D eigenvalue weighted by Gasteiger charge is 2.17. The second-order valence-electron chi connectivity index (χ2n) is 4.82. The zero-order valence-corrected chi connectivity index (χ0v) is 11.8. The molecular formula is C16H18FN3O. The molecule has 2 aromatic rings. The lowest BCUT2D eigenvalue weighted by Gasteiger charge is -2.20. The van der Waals surface area contributed by atoms with E-state index in [1.165, 1.54) is 12.1 Å². The number of benzene rings is 2. The zero-order chi connectivity index (χ0) is 15.4. The molecule has 21 heavy (non-hydrogen) atoms. The topological polar surface area (TPSA) is 81.1 Å². The van der Waals surface area contributed by atoms with Crippen LogP contribution < -0.4 is 17.0 Å². The molecule has 0 heterocycles. The number of nitrogens with one attached hydrogen (secondary N) is 1. The summed E-state index contributed by atoms with van der Waals surface area (Å²) in [6, 6.07) is 11.4. The molecule has 1 amide bonds. The van der Waals surface area contributed by atoms with Gasteiger partial charge in [-0.15, -0.1) is 0 Å². The molecule has 0 fully saturated rings. The van der Waals surface area contributed by atoms with Crippen LogP contribution in [0.2, 0.25) is 0 Å². The monoisotopic (exact) mass is 287 g/mol. The number of carbonyl (C=O) groups excluding carboxylic acids is 1. The third-order valence-corrected chi connectivity index (χ3v) is 3.55. The van der Waals surface area contributed by atoms with Crippen molar-refractivity contribution in [2.45, 2.75) is 19.3 Å². The van der Waals surface area contributed by atoms with E-state index in [0.717, 1.165) is 23.2 Å². The van der Waals surface area contributed by atoms with E-state index >= 15 is 0 Å². The number of hydrazine groups is 1. The third kappa shape index (κ3) is 3.20. The van der Waals surface area contributed by atoms with Gasteiger partial charge >= 0.3 is 0 Å². The minimum Gasteiger partial charge on any atom is -0.366 e. The van der Waals surface area contributed by atoms with Gasteiger partial charge in [-0.1, -0.05) is 19.1 Å². The summed E-state index contributed by atoms with van der Waals surface area (Å²) in [5.41, 5.74) is 10.9. The van der Waals surface area contributed by atoms with Crippen molar-refractivity contribution in [2.75, 3.05) is 5.43 Å². The summed E-state index contributed by atoms with van der Waals surface area (Å²) in [6.45, 7) is 2.02. The van der Waals surface area contributed by atoms with E-state index in [0.29, 0.717) is 5.56 Å². The summed E-state index contributed by atoms with van der Waals surface area (Å²) in [6.07, 6.45) is 0.780. The van der Waals surface area contributed by atoms with Gasteiger partial charge in [0.05, 0.1) is 5.69 Å². The third-order valence-electron chi connectivity index (χ3n) is 3.55. The number of nitrogen functional groups attached to an aromatic ring is 1. The molecule has 0 saturated carbocycles. The standard InChI is InChI=1S/C16H18FN3O/c1-2-13(10-3-6-12(17)7-4-10)14-9-11(16(18)21)5-8-15(14)20-19/h3-9,13,20H,2,19H2,1H3,(H2,18,21). The fourth-order valence-electron chi connectivity index (χ4n) is 2.47. The van der Waals surface area contributed by atoms with Crippen molar-refractivity contribution < 1.29 is 9.18 Å². The van der Waals surface area contributed by atoms with E-state index in [1.54, 1.807) is 30.3 Å². The van der Waals surface area contributed by atoms with E-state index in [4.69, 9.17) is 11.6 Å². The molecule has 0 bridgehead atoms. The number of anilines is 1. The Balaban J connectivity index is 2.52. The molecule has 0 saturated heterocycles. The molecule has 2 aromatic carbocycles. The second-order valence-corrected chi connectivity index (χ2v) is 4.82. The summed E-state index contributed by atoms with van der Waals surface area (Å²) in [4.78, 5) is 11.4. The lowest BCUT2D eigenvalue weighted by atomic mass is 9.87. The average molecular weight is 287 g/mol. The Hall–Kier alpha value is -2.40. The van der Waals surface area contributed by atoms with E-state index in [2.05, 4.69) is 5.43 Å². The van der Waals surface area contributed by atoms with E-state index in [-0.39, 0.29) is 11.7 Å². The highest BCUT2D eigenvalue weighted by Crippen LogP contribution is 2.33. The Morgan fingerprint density at radius 1 is 1.24 bits per heavy atom. The summed E-state index contributed by atoms with van der Waals surface area (Å²) < 4.78 is 13.1. The fourth-order valence-corrected chi connectivity index (χ4v) is 2.47. The Kier molecular flexibility index (Phi) is 4.55. The first kappa shape index (κ1) is 15.0. The van der Waals surface area contributed by atoms with Crippen LogP contribution in [0.25, 0.3) is 0 Å². The average Bonchev–Trinajstić information content (AvgIpc) is 2.49. The number of hydrogen-bond donors (Lipinski definition) is 3. The first-order valence-electron chi connectivity index (χ1n) is 6.72. The van der Waals surface area contributed by atoms with Gasteiger partial charge in [-0.3, -0.25) is 10.6 Å². The Morgan fingerprint density at radius 2 is 1.90 bits per heavy atom. The molecule has 4 nitrogen and oxygen atoms in total. The number of amides is 1. The van der Waals surface area contributed by atoms with Gasteiger partial charge < -0.3 is 11.2 Å². The quantitative estimate of drug-likeness (QED) is 0.584. The number of carbonyl (C=O) groups is 1. The summed E-state index contributed by atoms with van der Waals surface area (Å²) >= 11 is 0. The lowest BCUT2D eigenvalue weighted by Crippen LogP contribution is -2.15. The van der Waals surface area contributed by atoms with Crippen molar-refractivity contribution >= 4 is 11.6 Å². The van der Waals surface area contributed by atoms with Crippen LogP contribution in [0.5, 0.6) is 0 Å². The van der Waals surface area contributed by atoms with Crippen LogP contribution >= 0.6 is 0 Å². The van der Waals surface area contributed by atoms with Crippen molar-refractivity contribution in [1.82, 2.24) is 0 Å². The van der Waals surface area contributed by atoms with E-state index in [1.807, 2.05) is 6.92 Å². The number of halogens is 1. The van der Waals surface area contributed by atoms with E-state index < -0.39 is 5.91 Å². The second kappa shape index (κ2) is 6.37. The van der Waals surface area contributed by atoms with Gasteiger partial charge in [0.1, 0.15) is 5.82 Å². The van der Waals surface area contributed by atoms with Gasteiger partial charge in [-0.05, 0) is 47.9 Å². The van der Waals surface area contributed by atoms with Gasteiger partial charge in [0.25, 0.3) is 0 Å². The first-order valence-corrected chi connectivity index (χ1v) is 6.72. The summed E-state index contributed by atoms with van der Waals surface area (Å²) in [5, 5.41) is 0. The molecule has 0 spiro atoms. The molecule has 5 heteroatoms. The Morgan fingerprint density at radius 3 is 2.43 bits per heavy atom. The first-order chi connectivity index (χ1) is 10.1. The van der Waals surface area contributed by atoms with Crippen LogP contribution in [0, 0.1) is 5.82 Å². The molecule has 0 aliphatic carbocycles. The largest absolute Gasteiger partial charge is 0.366 e. The van der Waals surface area contributed by atoms with Crippen LogP contribution in [0.4, 0.5) is 10.1 Å². The molecule has 0 aliphatic heterocycles. The van der Waals surface area contributed by atoms with Crippen LogP contribution in [-0.2, 0) is 0 Å². The van der Waals surface area contributed by atoms with Crippen LogP contribution in [0.15, 0.2) is 42.5 Å². The van der Waals surface area contributed by atoms with Gasteiger partial charge in [-0.25, -0.2) is 4.39 Å². The predicted octanol–water partition coefficient (Wildman–Crippen LogP) is 2.75. The number of primary amides is 1. The molecule has 1 atom stereocenters. The highest BCUT2D eigenvalue weighted by atomic mass is 19.1. The molecular weight excluding hydrogens is 269 g/mol. The van der Waals surface area contributed by atoms with Crippen LogP contribution in [0.3, 0.4) is 0 Å². The van der Waals surface area contributed by atoms with Crippen molar-refractivity contribution in [1.29, 1.82) is 0 Å². The molecule has 5 N–H and O–H groups in total. The van der Waals surface area contributed by atoms with Gasteiger partial charge in [0.2, 0.25) is 5.91 Å². The molecule has 110 valence electrons. The maximum Gasteiger partial charge on any atom is 0.248 e. The summed E-state index contributed by atoms with van der Waals surface area (Å²) in [7, 11) is 0. The normalized spacial score (nSPS) is 12.0. The fraction of sp³-hybridized carbons (Fsp3) is 0.188.